The molecule has 2 fully saturated rings. The van der Waals surface area contributed by atoms with E-state index in [1.807, 2.05) is 20.8 Å². The summed E-state index contributed by atoms with van der Waals surface area (Å²) in [4.78, 5) is 25.7. The third-order valence-electron chi connectivity index (χ3n) is 3.81. The van der Waals surface area contributed by atoms with Crippen LogP contribution in [0.2, 0.25) is 0 Å². The molecule has 2 aliphatic rings. The highest BCUT2D eigenvalue weighted by atomic mass is 16.6. The van der Waals surface area contributed by atoms with Crippen LogP contribution in [-0.4, -0.2) is 47.7 Å². The first-order valence-electron chi connectivity index (χ1n) is 6.93. The van der Waals surface area contributed by atoms with Crippen molar-refractivity contribution >= 4 is 11.9 Å². The van der Waals surface area contributed by atoms with E-state index < -0.39 is 5.60 Å². The Hall–Kier alpha value is -1.10. The van der Waals surface area contributed by atoms with Gasteiger partial charge in [0.15, 0.2) is 5.78 Å². The lowest BCUT2D eigenvalue weighted by atomic mass is 9.80. The van der Waals surface area contributed by atoms with Gasteiger partial charge in [-0.15, -0.1) is 0 Å². The molecule has 0 N–H and O–H groups in total. The average Bonchev–Trinajstić information content (AvgIpc) is 2.31. The number of amides is 1. The second-order valence-electron chi connectivity index (χ2n) is 6.44. The number of piperidine rings is 1. The lowest BCUT2D eigenvalue weighted by Crippen LogP contribution is -2.60. The summed E-state index contributed by atoms with van der Waals surface area (Å²) in [7, 11) is 0. The number of Topliss-reactive ketones (excluding diaryl/α,β-unsaturated/α-hetero) is 1. The number of hydrogen-bond donors (Lipinski definition) is 0. The predicted molar refractivity (Wildman–Crippen MR) is 70.0 cm³/mol. The van der Waals surface area contributed by atoms with Crippen LogP contribution in [-0.2, 0) is 14.3 Å². The highest BCUT2D eigenvalue weighted by Gasteiger charge is 2.46. The molecular weight excluding hydrogens is 246 g/mol. The monoisotopic (exact) mass is 269 g/mol. The van der Waals surface area contributed by atoms with Crippen molar-refractivity contribution in [2.24, 2.45) is 0 Å². The Morgan fingerprint density at radius 2 is 1.89 bits per heavy atom. The Labute approximate surface area is 114 Å². The number of nitrogens with zero attached hydrogens (tertiary/aromatic N) is 1. The van der Waals surface area contributed by atoms with Gasteiger partial charge in [0.25, 0.3) is 0 Å². The molecule has 0 radical (unpaired) electrons. The van der Waals surface area contributed by atoms with Gasteiger partial charge in [0.05, 0.1) is 12.1 Å². The molecule has 5 nitrogen and oxygen atoms in total. The number of carbonyl (C=O) groups excluding carboxylic acids is 2. The Balaban J connectivity index is 2.16. The van der Waals surface area contributed by atoms with Crippen molar-refractivity contribution in [3.63, 3.8) is 0 Å². The summed E-state index contributed by atoms with van der Waals surface area (Å²) in [6, 6.07) is 0. The van der Waals surface area contributed by atoms with Gasteiger partial charge in [-0.25, -0.2) is 4.79 Å². The predicted octanol–water partition coefficient (Wildman–Crippen LogP) is 2.14. The van der Waals surface area contributed by atoms with E-state index in [0.717, 1.165) is 19.3 Å². The van der Waals surface area contributed by atoms with Gasteiger partial charge >= 0.3 is 6.09 Å². The zero-order chi connectivity index (χ0) is 14.1. The van der Waals surface area contributed by atoms with E-state index in [0.29, 0.717) is 19.6 Å². The molecule has 108 valence electrons. The van der Waals surface area contributed by atoms with Crippen LogP contribution < -0.4 is 0 Å². The third kappa shape index (κ3) is 3.26. The van der Waals surface area contributed by atoms with Crippen LogP contribution in [0.4, 0.5) is 4.79 Å². The fourth-order valence-corrected chi connectivity index (χ4v) is 2.78. The summed E-state index contributed by atoms with van der Waals surface area (Å²) in [6.07, 6.45) is 2.50. The fraction of sp³-hybridized carbons (Fsp3) is 0.857. The fourth-order valence-electron chi connectivity index (χ4n) is 2.78. The lowest BCUT2D eigenvalue weighted by molar-refractivity contribution is -0.130. The molecule has 2 heterocycles. The van der Waals surface area contributed by atoms with Crippen LogP contribution in [0.3, 0.4) is 0 Å². The molecule has 2 saturated heterocycles. The normalized spacial score (nSPS) is 23.5. The smallest absolute Gasteiger partial charge is 0.411 e. The van der Waals surface area contributed by atoms with E-state index in [9.17, 15) is 9.59 Å². The van der Waals surface area contributed by atoms with Gasteiger partial charge in [0.2, 0.25) is 0 Å². The van der Waals surface area contributed by atoms with Gasteiger partial charge in [-0.2, -0.15) is 0 Å². The third-order valence-corrected chi connectivity index (χ3v) is 3.81. The minimum atomic E-state index is -0.538. The first-order valence-corrected chi connectivity index (χ1v) is 6.93. The number of hydrogen-bond acceptors (Lipinski definition) is 4. The topological polar surface area (TPSA) is 55.8 Å². The molecule has 2 aliphatic heterocycles. The van der Waals surface area contributed by atoms with Crippen LogP contribution in [0, 0.1) is 0 Å². The van der Waals surface area contributed by atoms with Gasteiger partial charge in [0.1, 0.15) is 5.60 Å². The summed E-state index contributed by atoms with van der Waals surface area (Å²) in [5.74, 6) is 0.114. The maximum Gasteiger partial charge on any atom is 0.411 e. The molecule has 0 saturated carbocycles. The number of ether oxygens (including phenoxy) is 2. The number of ketones is 1. The molecule has 0 unspecified atom stereocenters. The van der Waals surface area contributed by atoms with Gasteiger partial charge < -0.3 is 9.47 Å². The van der Waals surface area contributed by atoms with E-state index in [2.05, 4.69) is 0 Å². The van der Waals surface area contributed by atoms with E-state index in [1.54, 1.807) is 4.90 Å². The summed E-state index contributed by atoms with van der Waals surface area (Å²) in [5.41, 5.74) is -0.779. The number of carbonyl (C=O) groups is 2. The zero-order valence-electron chi connectivity index (χ0n) is 12.0. The van der Waals surface area contributed by atoms with Gasteiger partial charge in [-0.3, -0.25) is 9.69 Å². The molecule has 2 rings (SSSR count). The molecule has 0 aromatic carbocycles. The Bertz CT molecular complexity index is 366. The van der Waals surface area contributed by atoms with Gasteiger partial charge in [-0.1, -0.05) is 0 Å². The second kappa shape index (κ2) is 5.12. The SMILES string of the molecule is CC(C)(C)OC(=O)N1CC(=O)CCC12CCOCC2. The second-order valence-corrected chi connectivity index (χ2v) is 6.44. The molecule has 0 atom stereocenters. The van der Waals surface area contributed by atoms with E-state index >= 15 is 0 Å². The van der Waals surface area contributed by atoms with E-state index in [-0.39, 0.29) is 24.0 Å². The minimum Gasteiger partial charge on any atom is -0.444 e. The van der Waals surface area contributed by atoms with Crippen LogP contribution in [0.15, 0.2) is 0 Å². The Morgan fingerprint density at radius 3 is 2.47 bits per heavy atom. The highest BCUT2D eigenvalue weighted by Crippen LogP contribution is 2.36. The van der Waals surface area contributed by atoms with Crippen molar-refractivity contribution in [3.8, 4) is 0 Å². The van der Waals surface area contributed by atoms with Crippen molar-refractivity contribution in [2.45, 2.75) is 57.6 Å². The van der Waals surface area contributed by atoms with Crippen molar-refractivity contribution < 1.29 is 19.1 Å². The molecular formula is C14H23NO4. The maximum absolute atomic E-state index is 12.3. The van der Waals surface area contributed by atoms with Gasteiger partial charge in [0, 0.05) is 19.6 Å². The highest BCUT2D eigenvalue weighted by molar-refractivity contribution is 5.86. The van der Waals surface area contributed by atoms with Crippen molar-refractivity contribution in [1.82, 2.24) is 4.90 Å². The van der Waals surface area contributed by atoms with Gasteiger partial charge in [-0.05, 0) is 40.0 Å². The van der Waals surface area contributed by atoms with E-state index in [4.69, 9.17) is 9.47 Å². The van der Waals surface area contributed by atoms with Crippen LogP contribution >= 0.6 is 0 Å². The first-order chi connectivity index (χ1) is 8.82. The van der Waals surface area contributed by atoms with E-state index in [1.165, 1.54) is 0 Å². The molecule has 1 spiro atoms. The first kappa shape index (κ1) is 14.3. The standard InChI is InChI=1S/C14H23NO4/c1-13(2,3)19-12(17)15-10-11(16)4-5-14(15)6-8-18-9-7-14/h4-10H2,1-3H3. The minimum absolute atomic E-state index is 0.114. The average molecular weight is 269 g/mol. The molecule has 0 aromatic heterocycles. The molecule has 19 heavy (non-hydrogen) atoms. The van der Waals surface area contributed by atoms with Crippen LogP contribution in [0.5, 0.6) is 0 Å². The molecule has 0 aliphatic carbocycles. The zero-order valence-corrected chi connectivity index (χ0v) is 12.0. The molecule has 5 heteroatoms. The summed E-state index contributed by atoms with van der Waals surface area (Å²) in [6.45, 7) is 6.99. The maximum atomic E-state index is 12.3. The van der Waals surface area contributed by atoms with Crippen molar-refractivity contribution in [1.29, 1.82) is 0 Å². The Kier molecular flexibility index (Phi) is 3.85. The molecule has 0 aromatic rings. The quantitative estimate of drug-likeness (QED) is 0.676. The lowest BCUT2D eigenvalue weighted by Gasteiger charge is -2.48. The van der Waals surface area contributed by atoms with Crippen LogP contribution in [0.1, 0.15) is 46.5 Å². The van der Waals surface area contributed by atoms with Crippen LogP contribution in [0.25, 0.3) is 0 Å². The summed E-state index contributed by atoms with van der Waals surface area (Å²) >= 11 is 0. The Morgan fingerprint density at radius 1 is 1.26 bits per heavy atom. The largest absolute Gasteiger partial charge is 0.444 e. The molecule has 1 amide bonds. The van der Waals surface area contributed by atoms with Crippen molar-refractivity contribution in [3.05, 3.63) is 0 Å². The number of rotatable bonds is 0. The molecule has 0 bridgehead atoms. The van der Waals surface area contributed by atoms with Crippen molar-refractivity contribution in [2.75, 3.05) is 19.8 Å². The number of likely N-dealkylation sites (tertiary alicyclic amines) is 1. The summed E-state index contributed by atoms with van der Waals surface area (Å²) < 4.78 is 10.8. The summed E-state index contributed by atoms with van der Waals surface area (Å²) in [5, 5.41) is 0.